The summed E-state index contributed by atoms with van der Waals surface area (Å²) in [4.78, 5) is 4.31. The Labute approximate surface area is 120 Å². The summed E-state index contributed by atoms with van der Waals surface area (Å²) in [5, 5.41) is 4.39. The van der Waals surface area contributed by atoms with Crippen molar-refractivity contribution in [3.8, 4) is 0 Å². The fourth-order valence-corrected chi connectivity index (χ4v) is 2.44. The molecule has 0 bridgehead atoms. The molecule has 2 aromatic heterocycles. The van der Waals surface area contributed by atoms with E-state index < -0.39 is 11.6 Å². The van der Waals surface area contributed by atoms with Gasteiger partial charge in [0.15, 0.2) is 17.3 Å². The number of aryl methyl sites for hydroxylation is 2. The number of hydrogen-bond acceptors (Lipinski definition) is 3. The molecule has 7 heteroatoms. The minimum Gasteiger partial charge on any atom is -0.369 e. The molecule has 0 saturated carbocycles. The van der Waals surface area contributed by atoms with Crippen molar-refractivity contribution in [3.63, 3.8) is 0 Å². The van der Waals surface area contributed by atoms with E-state index in [1.165, 1.54) is 12.1 Å². The second-order valence-electron chi connectivity index (χ2n) is 4.88. The van der Waals surface area contributed by atoms with E-state index in [2.05, 4.69) is 10.1 Å². The van der Waals surface area contributed by atoms with Gasteiger partial charge in [-0.2, -0.15) is 5.10 Å². The van der Waals surface area contributed by atoms with Gasteiger partial charge in [0.25, 0.3) is 0 Å². The molecule has 0 atom stereocenters. The highest BCUT2D eigenvalue weighted by atomic mass is 19.2. The third-order valence-corrected chi connectivity index (χ3v) is 3.45. The average molecular weight is 291 g/mol. The number of nitrogens with zero attached hydrogens (tertiary/aromatic N) is 4. The third kappa shape index (κ3) is 2.14. The van der Waals surface area contributed by atoms with Crippen LogP contribution in [0.15, 0.2) is 18.2 Å². The fraction of sp³-hybridized carbons (Fsp3) is 0.286. The zero-order chi connectivity index (χ0) is 15.1. The number of imidazole rings is 1. The highest BCUT2D eigenvalue weighted by Gasteiger charge is 2.17. The van der Waals surface area contributed by atoms with Crippen LogP contribution in [-0.2, 0) is 13.1 Å². The van der Waals surface area contributed by atoms with Crippen molar-refractivity contribution in [1.29, 1.82) is 0 Å². The first-order valence-corrected chi connectivity index (χ1v) is 6.64. The van der Waals surface area contributed by atoms with Crippen molar-refractivity contribution in [2.45, 2.75) is 26.9 Å². The quantitative estimate of drug-likeness (QED) is 0.806. The first-order valence-electron chi connectivity index (χ1n) is 6.64. The zero-order valence-corrected chi connectivity index (χ0v) is 11.8. The van der Waals surface area contributed by atoms with E-state index in [9.17, 15) is 8.78 Å². The fourth-order valence-electron chi connectivity index (χ4n) is 2.44. The molecular formula is C14H15F2N5. The topological polar surface area (TPSA) is 61.7 Å². The van der Waals surface area contributed by atoms with Crippen LogP contribution in [0.2, 0.25) is 0 Å². The summed E-state index contributed by atoms with van der Waals surface area (Å²) in [6, 6.07) is 3.81. The van der Waals surface area contributed by atoms with Gasteiger partial charge in [-0.3, -0.25) is 4.57 Å². The lowest BCUT2D eigenvalue weighted by Crippen LogP contribution is -2.09. The highest BCUT2D eigenvalue weighted by molar-refractivity contribution is 5.77. The largest absolute Gasteiger partial charge is 0.369 e. The molecule has 0 aliphatic carbocycles. The standard InChI is InChI=1S/C14H15F2N5/c1-3-21-13-12(8(2)19-21)18-14(17)20(13)7-9-4-5-10(15)11(16)6-9/h4-6H,3,7H2,1-2H3,(H2,17,18). The number of fused-ring (bicyclic) bond motifs is 1. The molecule has 0 unspecified atom stereocenters. The molecule has 2 heterocycles. The van der Waals surface area contributed by atoms with Crippen molar-refractivity contribution in [2.75, 3.05) is 5.73 Å². The van der Waals surface area contributed by atoms with Gasteiger partial charge in [0.05, 0.1) is 12.2 Å². The van der Waals surface area contributed by atoms with Crippen LogP contribution in [0, 0.1) is 18.6 Å². The molecule has 3 rings (SSSR count). The molecule has 21 heavy (non-hydrogen) atoms. The lowest BCUT2D eigenvalue weighted by atomic mass is 10.2. The van der Waals surface area contributed by atoms with E-state index in [4.69, 9.17) is 5.73 Å². The lowest BCUT2D eigenvalue weighted by Gasteiger charge is -2.08. The molecule has 0 amide bonds. The molecule has 2 N–H and O–H groups in total. The highest BCUT2D eigenvalue weighted by Crippen LogP contribution is 2.22. The van der Waals surface area contributed by atoms with Crippen molar-refractivity contribution in [3.05, 3.63) is 41.1 Å². The van der Waals surface area contributed by atoms with Crippen LogP contribution >= 0.6 is 0 Å². The molecular weight excluding hydrogens is 276 g/mol. The van der Waals surface area contributed by atoms with Crippen LogP contribution < -0.4 is 5.73 Å². The summed E-state index contributed by atoms with van der Waals surface area (Å²) < 4.78 is 29.9. The van der Waals surface area contributed by atoms with Crippen LogP contribution in [0.25, 0.3) is 11.2 Å². The van der Waals surface area contributed by atoms with Gasteiger partial charge < -0.3 is 5.73 Å². The van der Waals surface area contributed by atoms with Crippen molar-refractivity contribution in [2.24, 2.45) is 0 Å². The number of rotatable bonds is 3. The van der Waals surface area contributed by atoms with Gasteiger partial charge in [-0.25, -0.2) is 18.4 Å². The van der Waals surface area contributed by atoms with E-state index in [1.807, 2.05) is 13.8 Å². The van der Waals surface area contributed by atoms with Gasteiger partial charge in [-0.05, 0) is 31.5 Å². The minimum atomic E-state index is -0.873. The smallest absolute Gasteiger partial charge is 0.202 e. The van der Waals surface area contributed by atoms with Crippen LogP contribution in [0.4, 0.5) is 14.7 Å². The maximum Gasteiger partial charge on any atom is 0.202 e. The summed E-state index contributed by atoms with van der Waals surface area (Å²) in [5.41, 5.74) is 8.88. The van der Waals surface area contributed by atoms with E-state index in [1.54, 1.807) is 9.25 Å². The van der Waals surface area contributed by atoms with Gasteiger partial charge in [0.1, 0.15) is 5.52 Å². The number of nitrogens with two attached hydrogens (primary N) is 1. The summed E-state index contributed by atoms with van der Waals surface area (Å²) in [6.07, 6.45) is 0. The second kappa shape index (κ2) is 4.83. The molecule has 110 valence electrons. The number of benzene rings is 1. The average Bonchev–Trinajstić information content (AvgIpc) is 2.93. The van der Waals surface area contributed by atoms with Gasteiger partial charge in [0.2, 0.25) is 5.95 Å². The maximum atomic E-state index is 13.3. The van der Waals surface area contributed by atoms with Crippen molar-refractivity contribution in [1.82, 2.24) is 19.3 Å². The zero-order valence-electron chi connectivity index (χ0n) is 11.8. The van der Waals surface area contributed by atoms with Crippen LogP contribution in [-0.4, -0.2) is 19.3 Å². The molecule has 0 aliphatic rings. The number of aromatic nitrogens is 4. The Hall–Kier alpha value is -2.44. The predicted molar refractivity (Wildman–Crippen MR) is 75.8 cm³/mol. The van der Waals surface area contributed by atoms with Gasteiger partial charge in [0, 0.05) is 6.54 Å². The summed E-state index contributed by atoms with van der Waals surface area (Å²) in [5.74, 6) is -1.41. The first kappa shape index (κ1) is 13.5. The maximum absolute atomic E-state index is 13.3. The van der Waals surface area contributed by atoms with Gasteiger partial charge >= 0.3 is 0 Å². The molecule has 0 spiro atoms. The Bertz CT molecular complexity index is 818. The Balaban J connectivity index is 2.11. The van der Waals surface area contributed by atoms with Crippen LogP contribution in [0.1, 0.15) is 18.2 Å². The van der Waals surface area contributed by atoms with Gasteiger partial charge in [-0.15, -0.1) is 0 Å². The summed E-state index contributed by atoms with van der Waals surface area (Å²) in [6.45, 7) is 4.82. The number of anilines is 1. The molecule has 1 aromatic carbocycles. The number of nitrogen functional groups attached to an aromatic ring is 1. The molecule has 0 aliphatic heterocycles. The van der Waals surface area contributed by atoms with E-state index >= 15 is 0 Å². The molecule has 0 saturated heterocycles. The second-order valence-corrected chi connectivity index (χ2v) is 4.88. The summed E-state index contributed by atoms with van der Waals surface area (Å²) >= 11 is 0. The molecule has 0 fully saturated rings. The van der Waals surface area contributed by atoms with Crippen LogP contribution in [0.5, 0.6) is 0 Å². The van der Waals surface area contributed by atoms with Crippen LogP contribution in [0.3, 0.4) is 0 Å². The van der Waals surface area contributed by atoms with Crippen molar-refractivity contribution < 1.29 is 8.78 Å². The molecule has 0 radical (unpaired) electrons. The minimum absolute atomic E-state index is 0.310. The Morgan fingerprint density at radius 2 is 2.00 bits per heavy atom. The van der Waals surface area contributed by atoms with E-state index in [-0.39, 0.29) is 0 Å². The Morgan fingerprint density at radius 1 is 1.24 bits per heavy atom. The predicted octanol–water partition coefficient (Wildman–Crippen LogP) is 2.47. The first-order chi connectivity index (χ1) is 10.0. The lowest BCUT2D eigenvalue weighted by molar-refractivity contribution is 0.506. The van der Waals surface area contributed by atoms with Crippen molar-refractivity contribution >= 4 is 17.1 Å². The Morgan fingerprint density at radius 3 is 2.67 bits per heavy atom. The Kier molecular flexibility index (Phi) is 3.12. The molecule has 5 nitrogen and oxygen atoms in total. The summed E-state index contributed by atoms with van der Waals surface area (Å²) in [7, 11) is 0. The SMILES string of the molecule is CCn1nc(C)c2nc(N)n(Cc3ccc(F)c(F)c3)c21. The third-order valence-electron chi connectivity index (χ3n) is 3.45. The van der Waals surface area contributed by atoms with E-state index in [0.717, 1.165) is 22.9 Å². The van der Waals surface area contributed by atoms with Gasteiger partial charge in [-0.1, -0.05) is 6.07 Å². The normalized spacial score (nSPS) is 11.4. The number of halogens is 2. The number of hydrogen-bond donors (Lipinski definition) is 1. The molecule has 3 aromatic rings. The van der Waals surface area contributed by atoms with E-state index in [0.29, 0.717) is 24.6 Å². The monoisotopic (exact) mass is 291 g/mol.